The van der Waals surface area contributed by atoms with Crippen molar-refractivity contribution in [2.45, 2.75) is 27.7 Å². The molecule has 30 heavy (non-hydrogen) atoms. The number of fused-ring (bicyclic) bond motifs is 1. The van der Waals surface area contributed by atoms with Gasteiger partial charge in [0.2, 0.25) is 5.17 Å². The molecular weight excluding hydrogens is 441 g/mol. The maximum atomic E-state index is 12.7. The minimum absolute atomic E-state index is 0.0266. The van der Waals surface area contributed by atoms with Crippen LogP contribution in [-0.4, -0.2) is 31.5 Å². The zero-order valence-electron chi connectivity index (χ0n) is 16.8. The first-order valence-electron chi connectivity index (χ1n) is 9.32. The Balaban J connectivity index is 1.77. The summed E-state index contributed by atoms with van der Waals surface area (Å²) in [5, 5.41) is 16.6. The Kier molecular flexibility index (Phi) is 5.38. The maximum absolute atomic E-state index is 12.7. The van der Waals surface area contributed by atoms with Gasteiger partial charge in [-0.3, -0.25) is 10.2 Å². The summed E-state index contributed by atoms with van der Waals surface area (Å²) in [5.74, 6) is -0.219. The Labute approximate surface area is 188 Å². The lowest BCUT2D eigenvalue weighted by Crippen LogP contribution is -2.35. The van der Waals surface area contributed by atoms with Crippen LogP contribution < -0.4 is 0 Å². The quantitative estimate of drug-likeness (QED) is 0.600. The van der Waals surface area contributed by atoms with Gasteiger partial charge in [0.15, 0.2) is 5.84 Å². The van der Waals surface area contributed by atoms with Crippen molar-refractivity contribution in [3.63, 3.8) is 0 Å². The number of thioether (sulfide) groups is 1. The van der Waals surface area contributed by atoms with Crippen LogP contribution in [0.2, 0.25) is 10.0 Å². The molecule has 0 saturated carbocycles. The standard InChI is InChI=1S/C21H19Cl2N5OS/c1-10(2)20-26-28-18(24)14(19(29)25-21(28)30-20)9-13-8-11(3)27(12(13)4)16-7-5-6-15(22)17(16)23/h5-10,24H,1-4H3. The zero-order chi connectivity index (χ0) is 21.7. The number of hydrogen-bond acceptors (Lipinski definition) is 4. The Morgan fingerprint density at radius 3 is 2.67 bits per heavy atom. The predicted molar refractivity (Wildman–Crippen MR) is 125 cm³/mol. The van der Waals surface area contributed by atoms with Crippen molar-refractivity contribution in [1.82, 2.24) is 9.58 Å². The molecule has 0 spiro atoms. The molecule has 2 aliphatic rings. The molecule has 1 aromatic carbocycles. The highest BCUT2D eigenvalue weighted by Gasteiger charge is 2.36. The summed E-state index contributed by atoms with van der Waals surface area (Å²) in [6, 6.07) is 7.41. The van der Waals surface area contributed by atoms with E-state index >= 15 is 0 Å². The summed E-state index contributed by atoms with van der Waals surface area (Å²) < 4.78 is 1.98. The second-order valence-corrected chi connectivity index (χ2v) is 9.12. The smallest absolute Gasteiger partial charge is 0.283 e. The van der Waals surface area contributed by atoms with Crippen molar-refractivity contribution < 1.29 is 4.79 Å². The van der Waals surface area contributed by atoms with Crippen molar-refractivity contribution in [1.29, 1.82) is 5.41 Å². The number of aryl methyl sites for hydroxylation is 1. The van der Waals surface area contributed by atoms with E-state index in [0.717, 1.165) is 27.7 Å². The number of hydrogen-bond donors (Lipinski definition) is 1. The van der Waals surface area contributed by atoms with Crippen LogP contribution in [0, 0.1) is 25.2 Å². The third-order valence-electron chi connectivity index (χ3n) is 4.91. The number of amidine groups is 2. The van der Waals surface area contributed by atoms with E-state index in [1.54, 1.807) is 12.1 Å². The molecule has 6 nitrogen and oxygen atoms in total. The second-order valence-electron chi connectivity index (χ2n) is 7.35. The van der Waals surface area contributed by atoms with Crippen LogP contribution in [0.3, 0.4) is 0 Å². The van der Waals surface area contributed by atoms with Gasteiger partial charge in [0.05, 0.1) is 21.3 Å². The lowest BCUT2D eigenvalue weighted by Gasteiger charge is -2.20. The van der Waals surface area contributed by atoms with Gasteiger partial charge in [-0.1, -0.05) is 43.1 Å². The van der Waals surface area contributed by atoms with Gasteiger partial charge in [-0.15, -0.1) is 0 Å². The number of amides is 1. The number of carbonyl (C=O) groups excluding carboxylic acids is 1. The molecule has 0 fully saturated rings. The van der Waals surface area contributed by atoms with E-state index in [-0.39, 0.29) is 17.3 Å². The number of carbonyl (C=O) groups is 1. The van der Waals surface area contributed by atoms with Gasteiger partial charge < -0.3 is 4.57 Å². The predicted octanol–water partition coefficient (Wildman–Crippen LogP) is 5.68. The zero-order valence-corrected chi connectivity index (χ0v) is 19.2. The first-order valence-corrected chi connectivity index (χ1v) is 10.9. The topological polar surface area (TPSA) is 73.8 Å². The highest BCUT2D eigenvalue weighted by Crippen LogP contribution is 2.34. The molecule has 1 N–H and O–H groups in total. The number of halogens is 2. The molecule has 9 heteroatoms. The molecule has 0 saturated heterocycles. The van der Waals surface area contributed by atoms with Crippen LogP contribution in [0.15, 0.2) is 39.9 Å². The van der Waals surface area contributed by atoms with E-state index in [2.05, 4.69) is 10.1 Å². The Morgan fingerprint density at radius 1 is 1.23 bits per heavy atom. The number of benzene rings is 1. The van der Waals surface area contributed by atoms with Crippen molar-refractivity contribution in [2.75, 3.05) is 0 Å². The first kappa shape index (κ1) is 20.9. The van der Waals surface area contributed by atoms with Crippen LogP contribution in [0.25, 0.3) is 11.8 Å². The van der Waals surface area contributed by atoms with Crippen LogP contribution in [0.4, 0.5) is 0 Å². The first-order chi connectivity index (χ1) is 14.2. The largest absolute Gasteiger partial charge is 0.316 e. The lowest BCUT2D eigenvalue weighted by atomic mass is 10.1. The van der Waals surface area contributed by atoms with Gasteiger partial charge in [-0.25, -0.2) is 0 Å². The SMILES string of the molecule is Cc1cc(C=C2C(=N)N3N=C(C(C)C)SC3=NC2=O)c(C)n1-c1cccc(Cl)c1Cl. The van der Waals surface area contributed by atoms with Crippen LogP contribution in [-0.2, 0) is 4.79 Å². The number of aromatic nitrogens is 1. The van der Waals surface area contributed by atoms with Gasteiger partial charge in [-0.05, 0) is 55.4 Å². The molecule has 0 radical (unpaired) electrons. The molecule has 0 bridgehead atoms. The highest BCUT2D eigenvalue weighted by atomic mass is 35.5. The minimum atomic E-state index is -0.440. The van der Waals surface area contributed by atoms with Crippen molar-refractivity contribution in [3.05, 3.63) is 56.8 Å². The molecular formula is C21H19Cl2N5OS. The van der Waals surface area contributed by atoms with Crippen LogP contribution in [0.5, 0.6) is 0 Å². The molecule has 1 amide bonds. The monoisotopic (exact) mass is 459 g/mol. The second kappa shape index (κ2) is 7.72. The maximum Gasteiger partial charge on any atom is 0.283 e. The van der Waals surface area contributed by atoms with E-state index in [9.17, 15) is 4.79 Å². The Bertz CT molecular complexity index is 1190. The third kappa shape index (κ3) is 3.41. The van der Waals surface area contributed by atoms with Crippen molar-refractivity contribution in [2.24, 2.45) is 16.0 Å². The van der Waals surface area contributed by atoms with E-state index < -0.39 is 5.91 Å². The number of nitrogens with zero attached hydrogens (tertiary/aromatic N) is 4. The Hall–Kier alpha value is -2.35. The number of nitrogens with one attached hydrogen (secondary N) is 1. The fourth-order valence-electron chi connectivity index (χ4n) is 3.37. The molecule has 2 aromatic rings. The van der Waals surface area contributed by atoms with E-state index in [0.29, 0.717) is 15.2 Å². The Morgan fingerprint density at radius 2 is 1.97 bits per heavy atom. The molecule has 0 unspecified atom stereocenters. The van der Waals surface area contributed by atoms with Gasteiger partial charge >= 0.3 is 0 Å². The molecule has 3 heterocycles. The summed E-state index contributed by atoms with van der Waals surface area (Å²) in [6.45, 7) is 7.92. The average Bonchev–Trinajstić information content (AvgIpc) is 3.23. The minimum Gasteiger partial charge on any atom is -0.316 e. The normalized spacial score (nSPS) is 17.7. The summed E-state index contributed by atoms with van der Waals surface area (Å²) in [5.41, 5.74) is 3.57. The fourth-order valence-corrected chi connectivity index (χ4v) is 4.64. The van der Waals surface area contributed by atoms with E-state index in [4.69, 9.17) is 28.6 Å². The molecule has 0 atom stereocenters. The third-order valence-corrected chi connectivity index (χ3v) is 6.92. The van der Waals surface area contributed by atoms with Crippen LogP contribution >= 0.6 is 35.0 Å². The summed E-state index contributed by atoms with van der Waals surface area (Å²) in [6.07, 6.45) is 1.69. The van der Waals surface area contributed by atoms with E-state index in [1.807, 2.05) is 50.5 Å². The van der Waals surface area contributed by atoms with Gasteiger partial charge in [-0.2, -0.15) is 15.1 Å². The molecule has 1 aromatic heterocycles. The number of aliphatic imine (C=N–C) groups is 1. The van der Waals surface area contributed by atoms with Crippen molar-refractivity contribution in [3.8, 4) is 5.69 Å². The van der Waals surface area contributed by atoms with Gasteiger partial charge in [0.1, 0.15) is 5.04 Å². The molecule has 0 aliphatic carbocycles. The van der Waals surface area contributed by atoms with Crippen molar-refractivity contribution >= 4 is 63.0 Å². The molecule has 154 valence electrons. The molecule has 4 rings (SSSR count). The average molecular weight is 460 g/mol. The lowest BCUT2D eigenvalue weighted by molar-refractivity contribution is -0.114. The van der Waals surface area contributed by atoms with Gasteiger partial charge in [0, 0.05) is 17.3 Å². The summed E-state index contributed by atoms with van der Waals surface area (Å²) in [4.78, 5) is 16.8. The summed E-state index contributed by atoms with van der Waals surface area (Å²) in [7, 11) is 0. The number of hydrazone groups is 1. The van der Waals surface area contributed by atoms with Crippen LogP contribution in [0.1, 0.15) is 30.8 Å². The molecule has 2 aliphatic heterocycles. The fraction of sp³-hybridized carbons (Fsp3) is 0.238. The number of rotatable bonds is 3. The highest BCUT2D eigenvalue weighted by molar-refractivity contribution is 8.27. The van der Waals surface area contributed by atoms with Gasteiger partial charge in [0.25, 0.3) is 5.91 Å². The summed E-state index contributed by atoms with van der Waals surface area (Å²) >= 11 is 13.9. The van der Waals surface area contributed by atoms with E-state index in [1.165, 1.54) is 16.8 Å².